The molecule has 0 spiro atoms. The molecule has 3 heteroatoms. The highest BCUT2D eigenvalue weighted by molar-refractivity contribution is 6.35. The number of carbonyl (C=O) groups excluding carboxylic acids is 1. The zero-order valence-corrected chi connectivity index (χ0v) is 12.3. The van der Waals surface area contributed by atoms with Crippen molar-refractivity contribution in [2.24, 2.45) is 0 Å². The van der Waals surface area contributed by atoms with Gasteiger partial charge in [0.1, 0.15) is 5.82 Å². The fourth-order valence-electron chi connectivity index (χ4n) is 2.21. The Morgan fingerprint density at radius 1 is 1.15 bits per heavy atom. The SMILES string of the molecule is CCc1ccc(CC)c(C(=O)c2c(F)cccc2Cl)c1. The minimum absolute atomic E-state index is 0.0443. The van der Waals surface area contributed by atoms with Crippen molar-refractivity contribution < 1.29 is 9.18 Å². The van der Waals surface area contributed by atoms with E-state index in [1.807, 2.05) is 32.0 Å². The number of aryl methyl sites for hydroxylation is 2. The number of hydrogen-bond acceptors (Lipinski definition) is 1. The molecular weight excluding hydrogens is 275 g/mol. The highest BCUT2D eigenvalue weighted by atomic mass is 35.5. The molecule has 20 heavy (non-hydrogen) atoms. The molecule has 0 heterocycles. The summed E-state index contributed by atoms with van der Waals surface area (Å²) < 4.78 is 13.9. The molecule has 0 unspecified atom stereocenters. The van der Waals surface area contributed by atoms with Crippen molar-refractivity contribution in [2.45, 2.75) is 26.7 Å². The second kappa shape index (κ2) is 6.19. The molecule has 0 aliphatic heterocycles. The van der Waals surface area contributed by atoms with Crippen LogP contribution in [0.15, 0.2) is 36.4 Å². The zero-order chi connectivity index (χ0) is 14.7. The molecule has 0 N–H and O–H groups in total. The van der Waals surface area contributed by atoms with Gasteiger partial charge >= 0.3 is 0 Å². The van der Waals surface area contributed by atoms with Crippen LogP contribution >= 0.6 is 11.6 Å². The molecule has 0 aliphatic rings. The molecule has 0 radical (unpaired) electrons. The molecule has 0 saturated carbocycles. The number of benzene rings is 2. The van der Waals surface area contributed by atoms with Crippen LogP contribution in [0.5, 0.6) is 0 Å². The Kier molecular flexibility index (Phi) is 4.56. The lowest BCUT2D eigenvalue weighted by Crippen LogP contribution is -2.09. The zero-order valence-electron chi connectivity index (χ0n) is 11.5. The number of halogens is 2. The van der Waals surface area contributed by atoms with E-state index in [1.165, 1.54) is 18.2 Å². The van der Waals surface area contributed by atoms with Crippen LogP contribution in [0.25, 0.3) is 0 Å². The summed E-state index contributed by atoms with van der Waals surface area (Å²) in [6.07, 6.45) is 1.55. The van der Waals surface area contributed by atoms with E-state index in [1.54, 1.807) is 0 Å². The van der Waals surface area contributed by atoms with E-state index in [2.05, 4.69) is 0 Å². The Bertz CT molecular complexity index is 629. The van der Waals surface area contributed by atoms with Crippen LogP contribution < -0.4 is 0 Å². The quantitative estimate of drug-likeness (QED) is 0.737. The van der Waals surface area contributed by atoms with Crippen molar-refractivity contribution in [1.29, 1.82) is 0 Å². The van der Waals surface area contributed by atoms with Crippen molar-refractivity contribution in [1.82, 2.24) is 0 Å². The molecule has 0 amide bonds. The maximum Gasteiger partial charge on any atom is 0.197 e. The summed E-state index contributed by atoms with van der Waals surface area (Å²) in [7, 11) is 0. The van der Waals surface area contributed by atoms with Gasteiger partial charge in [-0.1, -0.05) is 43.6 Å². The van der Waals surface area contributed by atoms with Crippen molar-refractivity contribution in [3.8, 4) is 0 Å². The van der Waals surface area contributed by atoms with Gasteiger partial charge in [-0.05, 0) is 42.2 Å². The molecule has 2 aromatic carbocycles. The minimum Gasteiger partial charge on any atom is -0.288 e. The molecule has 0 aliphatic carbocycles. The van der Waals surface area contributed by atoms with E-state index in [4.69, 9.17) is 11.6 Å². The highest BCUT2D eigenvalue weighted by Gasteiger charge is 2.20. The Hall–Kier alpha value is -1.67. The third-order valence-electron chi connectivity index (χ3n) is 3.40. The average Bonchev–Trinajstić information content (AvgIpc) is 2.46. The van der Waals surface area contributed by atoms with Crippen molar-refractivity contribution in [3.63, 3.8) is 0 Å². The summed E-state index contributed by atoms with van der Waals surface area (Å²) >= 11 is 5.98. The summed E-state index contributed by atoms with van der Waals surface area (Å²) in [4.78, 5) is 12.6. The molecule has 0 bridgehead atoms. The van der Waals surface area contributed by atoms with Gasteiger partial charge in [-0.3, -0.25) is 4.79 Å². The van der Waals surface area contributed by atoms with Crippen LogP contribution in [-0.2, 0) is 12.8 Å². The van der Waals surface area contributed by atoms with E-state index in [0.717, 1.165) is 24.0 Å². The lowest BCUT2D eigenvalue weighted by atomic mass is 9.94. The molecule has 104 valence electrons. The Morgan fingerprint density at radius 2 is 1.90 bits per heavy atom. The molecule has 2 aromatic rings. The fourth-order valence-corrected chi connectivity index (χ4v) is 2.46. The fraction of sp³-hybridized carbons (Fsp3) is 0.235. The maximum atomic E-state index is 13.9. The molecule has 0 atom stereocenters. The van der Waals surface area contributed by atoms with Gasteiger partial charge in [-0.15, -0.1) is 0 Å². The van der Waals surface area contributed by atoms with E-state index in [-0.39, 0.29) is 16.4 Å². The van der Waals surface area contributed by atoms with Crippen molar-refractivity contribution in [3.05, 3.63) is 69.5 Å². The molecule has 1 nitrogen and oxygen atoms in total. The second-order valence-corrected chi connectivity index (χ2v) is 5.03. The lowest BCUT2D eigenvalue weighted by molar-refractivity contribution is 0.103. The van der Waals surface area contributed by atoms with Crippen LogP contribution in [0.2, 0.25) is 5.02 Å². The van der Waals surface area contributed by atoms with Gasteiger partial charge in [-0.25, -0.2) is 4.39 Å². The Balaban J connectivity index is 2.58. The number of rotatable bonds is 4. The highest BCUT2D eigenvalue weighted by Crippen LogP contribution is 2.25. The molecular formula is C17H16ClFO. The number of hydrogen-bond donors (Lipinski definition) is 0. The molecule has 0 saturated heterocycles. The van der Waals surface area contributed by atoms with E-state index >= 15 is 0 Å². The van der Waals surface area contributed by atoms with E-state index in [9.17, 15) is 9.18 Å². The van der Waals surface area contributed by atoms with Crippen molar-refractivity contribution >= 4 is 17.4 Å². The molecule has 0 fully saturated rings. The third-order valence-corrected chi connectivity index (χ3v) is 3.71. The monoisotopic (exact) mass is 290 g/mol. The van der Waals surface area contributed by atoms with Crippen molar-refractivity contribution in [2.75, 3.05) is 0 Å². The smallest absolute Gasteiger partial charge is 0.197 e. The van der Waals surface area contributed by atoms with Crippen LogP contribution in [-0.4, -0.2) is 5.78 Å². The topological polar surface area (TPSA) is 17.1 Å². The van der Waals surface area contributed by atoms with Crippen LogP contribution in [0.3, 0.4) is 0 Å². The average molecular weight is 291 g/mol. The van der Waals surface area contributed by atoms with E-state index < -0.39 is 5.82 Å². The van der Waals surface area contributed by atoms with Gasteiger partial charge in [-0.2, -0.15) is 0 Å². The predicted octanol–water partition coefficient (Wildman–Crippen LogP) is 4.83. The second-order valence-electron chi connectivity index (χ2n) is 4.62. The van der Waals surface area contributed by atoms with Crippen LogP contribution in [0, 0.1) is 5.82 Å². The lowest BCUT2D eigenvalue weighted by Gasteiger charge is -2.11. The number of carbonyl (C=O) groups is 1. The molecule has 2 rings (SSSR count). The largest absolute Gasteiger partial charge is 0.288 e. The van der Waals surface area contributed by atoms with Gasteiger partial charge in [0, 0.05) is 5.56 Å². The van der Waals surface area contributed by atoms with E-state index in [0.29, 0.717) is 5.56 Å². The standard InChI is InChI=1S/C17H16ClFO/c1-3-11-8-9-12(4-2)13(10-11)17(20)16-14(18)6-5-7-15(16)19/h5-10H,3-4H2,1-2H3. The van der Waals surface area contributed by atoms with Crippen LogP contribution in [0.1, 0.15) is 40.9 Å². The Labute approximate surface area is 123 Å². The van der Waals surface area contributed by atoms with Crippen LogP contribution in [0.4, 0.5) is 4.39 Å². The van der Waals surface area contributed by atoms with Gasteiger partial charge in [0.25, 0.3) is 0 Å². The summed E-state index contributed by atoms with van der Waals surface area (Å²) in [6, 6.07) is 10.1. The third kappa shape index (κ3) is 2.75. The predicted molar refractivity (Wildman–Crippen MR) is 80.0 cm³/mol. The Morgan fingerprint density at radius 3 is 2.50 bits per heavy atom. The number of ketones is 1. The summed E-state index contributed by atoms with van der Waals surface area (Å²) in [5.74, 6) is -0.924. The summed E-state index contributed by atoms with van der Waals surface area (Å²) in [5.41, 5.74) is 2.46. The first-order chi connectivity index (χ1) is 9.58. The van der Waals surface area contributed by atoms with Gasteiger partial charge < -0.3 is 0 Å². The van der Waals surface area contributed by atoms with Gasteiger partial charge in [0.15, 0.2) is 5.78 Å². The normalized spacial score (nSPS) is 10.6. The van der Waals surface area contributed by atoms with Gasteiger partial charge in [0.2, 0.25) is 0 Å². The minimum atomic E-state index is -0.577. The first-order valence-electron chi connectivity index (χ1n) is 6.69. The summed E-state index contributed by atoms with van der Waals surface area (Å²) in [5, 5.41) is 0.152. The molecule has 0 aromatic heterocycles. The first kappa shape index (κ1) is 14.7. The van der Waals surface area contributed by atoms with Gasteiger partial charge in [0.05, 0.1) is 10.6 Å². The maximum absolute atomic E-state index is 13.9. The first-order valence-corrected chi connectivity index (χ1v) is 7.06. The summed E-state index contributed by atoms with van der Waals surface area (Å²) in [6.45, 7) is 3.99.